The number of rotatable bonds is 4. The maximum atomic E-state index is 13.1. The zero-order valence-corrected chi connectivity index (χ0v) is 15.2. The Hall–Kier alpha value is -2.93. The van der Waals surface area contributed by atoms with Gasteiger partial charge in [-0.25, -0.2) is 9.18 Å². The molecule has 0 aromatic heterocycles. The van der Waals surface area contributed by atoms with E-state index in [1.54, 1.807) is 12.1 Å². The van der Waals surface area contributed by atoms with Crippen molar-refractivity contribution in [1.82, 2.24) is 10.6 Å². The first kappa shape index (κ1) is 18.8. The van der Waals surface area contributed by atoms with Crippen molar-refractivity contribution in [2.75, 3.05) is 38.1 Å². The predicted molar refractivity (Wildman–Crippen MR) is 101 cm³/mol. The molecule has 1 aliphatic heterocycles. The van der Waals surface area contributed by atoms with Crippen LogP contribution in [0, 0.1) is 5.82 Å². The van der Waals surface area contributed by atoms with Crippen LogP contribution >= 0.6 is 0 Å². The van der Waals surface area contributed by atoms with Crippen LogP contribution in [-0.4, -0.2) is 45.2 Å². The lowest BCUT2D eigenvalue weighted by Crippen LogP contribution is -3.16. The number of hydrogen-bond donors (Lipinski definition) is 3. The fourth-order valence-electron chi connectivity index (χ4n) is 3.46. The first-order chi connectivity index (χ1) is 13.1. The molecular formula is C20H24FN4O2+. The molecule has 1 aliphatic rings. The van der Waals surface area contributed by atoms with Crippen molar-refractivity contribution < 1.29 is 18.9 Å². The second kappa shape index (κ2) is 8.64. The number of imide groups is 1. The Morgan fingerprint density at radius 2 is 1.67 bits per heavy atom. The zero-order chi connectivity index (χ0) is 19.2. The highest BCUT2D eigenvalue weighted by atomic mass is 19.1. The molecule has 0 spiro atoms. The summed E-state index contributed by atoms with van der Waals surface area (Å²) >= 11 is 0. The molecule has 1 saturated heterocycles. The van der Waals surface area contributed by atoms with E-state index in [-0.39, 0.29) is 11.7 Å². The molecular weight excluding hydrogens is 347 g/mol. The van der Waals surface area contributed by atoms with Gasteiger partial charge in [0.2, 0.25) is 0 Å². The van der Waals surface area contributed by atoms with Gasteiger partial charge in [-0.2, -0.15) is 0 Å². The van der Waals surface area contributed by atoms with E-state index in [0.29, 0.717) is 0 Å². The quantitative estimate of drug-likeness (QED) is 0.742. The Balaban J connectivity index is 1.73. The standard InChI is InChI=1S/C20H23FN4O2/c1-22-20(27)23-19(26)18(15-5-3-2-4-6-15)25-13-11-24(12-14-25)17-9-7-16(21)8-10-17/h2-10,18H,11-14H2,1H3,(H2,22,23,26,27)/p+1/t18-/m0/s1. The highest BCUT2D eigenvalue weighted by molar-refractivity contribution is 5.96. The third-order valence-corrected chi connectivity index (χ3v) is 4.86. The molecule has 1 atom stereocenters. The highest BCUT2D eigenvalue weighted by Gasteiger charge is 2.34. The summed E-state index contributed by atoms with van der Waals surface area (Å²) in [5.74, 6) is -0.566. The minimum absolute atomic E-state index is 0.252. The summed E-state index contributed by atoms with van der Waals surface area (Å²) in [6.07, 6.45) is 0. The van der Waals surface area contributed by atoms with Crippen molar-refractivity contribution in [3.63, 3.8) is 0 Å². The number of carbonyl (C=O) groups is 2. The predicted octanol–water partition coefficient (Wildman–Crippen LogP) is 0.727. The van der Waals surface area contributed by atoms with E-state index >= 15 is 0 Å². The minimum atomic E-state index is -0.509. The van der Waals surface area contributed by atoms with Gasteiger partial charge in [0.1, 0.15) is 5.82 Å². The number of amides is 3. The molecule has 0 radical (unpaired) electrons. The van der Waals surface area contributed by atoms with E-state index in [0.717, 1.165) is 42.3 Å². The lowest BCUT2D eigenvalue weighted by Gasteiger charge is -2.37. The minimum Gasteiger partial charge on any atom is -0.360 e. The molecule has 1 heterocycles. The summed E-state index contributed by atoms with van der Waals surface area (Å²) in [6, 6.07) is 15.0. The van der Waals surface area contributed by atoms with Gasteiger partial charge in [-0.3, -0.25) is 10.1 Å². The van der Waals surface area contributed by atoms with Crippen molar-refractivity contribution in [3.8, 4) is 0 Å². The molecule has 3 N–H and O–H groups in total. The molecule has 6 nitrogen and oxygen atoms in total. The summed E-state index contributed by atoms with van der Waals surface area (Å²) in [6.45, 7) is 2.96. The van der Waals surface area contributed by atoms with Crippen LogP contribution in [0.4, 0.5) is 14.9 Å². The smallest absolute Gasteiger partial charge is 0.321 e. The molecule has 2 aromatic carbocycles. The van der Waals surface area contributed by atoms with Crippen LogP contribution in [0.2, 0.25) is 0 Å². The number of carbonyl (C=O) groups excluding carboxylic acids is 2. The maximum Gasteiger partial charge on any atom is 0.321 e. The second-order valence-electron chi connectivity index (χ2n) is 6.53. The Kier molecular flexibility index (Phi) is 6.03. The van der Waals surface area contributed by atoms with Crippen molar-refractivity contribution in [1.29, 1.82) is 0 Å². The first-order valence-corrected chi connectivity index (χ1v) is 9.01. The van der Waals surface area contributed by atoms with Crippen LogP contribution in [0.3, 0.4) is 0 Å². The van der Waals surface area contributed by atoms with Crippen LogP contribution < -0.4 is 20.4 Å². The zero-order valence-electron chi connectivity index (χ0n) is 15.2. The summed E-state index contributed by atoms with van der Waals surface area (Å²) in [7, 11) is 1.48. The lowest BCUT2D eigenvalue weighted by molar-refractivity contribution is -0.922. The largest absolute Gasteiger partial charge is 0.360 e. The van der Waals surface area contributed by atoms with Crippen molar-refractivity contribution in [2.45, 2.75) is 6.04 Å². The molecule has 142 valence electrons. The van der Waals surface area contributed by atoms with Crippen LogP contribution in [0.15, 0.2) is 54.6 Å². The molecule has 0 bridgehead atoms. The Labute approximate surface area is 158 Å². The Morgan fingerprint density at radius 1 is 1.04 bits per heavy atom. The third kappa shape index (κ3) is 4.62. The number of nitrogens with zero attached hydrogens (tertiary/aromatic N) is 1. The number of anilines is 1. The summed E-state index contributed by atoms with van der Waals surface area (Å²) in [5, 5.41) is 4.83. The number of piperazine rings is 1. The van der Waals surface area contributed by atoms with Gasteiger partial charge < -0.3 is 15.1 Å². The normalized spacial score (nSPS) is 15.9. The number of urea groups is 1. The van der Waals surface area contributed by atoms with E-state index in [9.17, 15) is 14.0 Å². The SMILES string of the molecule is CNC(=O)NC(=O)[C@H](c1ccccc1)[NH+]1CCN(c2ccc(F)cc2)CC1. The van der Waals surface area contributed by atoms with Gasteiger partial charge in [-0.05, 0) is 24.3 Å². The molecule has 27 heavy (non-hydrogen) atoms. The fourth-order valence-corrected chi connectivity index (χ4v) is 3.46. The van der Waals surface area contributed by atoms with Gasteiger partial charge in [-0.15, -0.1) is 0 Å². The number of benzene rings is 2. The van der Waals surface area contributed by atoms with Crippen LogP contribution in [-0.2, 0) is 4.79 Å². The average molecular weight is 371 g/mol. The topological polar surface area (TPSA) is 65.9 Å². The van der Waals surface area contributed by atoms with Crippen molar-refractivity contribution >= 4 is 17.6 Å². The number of halogens is 1. The van der Waals surface area contributed by atoms with E-state index in [2.05, 4.69) is 15.5 Å². The third-order valence-electron chi connectivity index (χ3n) is 4.86. The van der Waals surface area contributed by atoms with Crippen molar-refractivity contribution in [2.24, 2.45) is 0 Å². The Morgan fingerprint density at radius 3 is 2.26 bits per heavy atom. The lowest BCUT2D eigenvalue weighted by atomic mass is 10.0. The van der Waals surface area contributed by atoms with E-state index in [4.69, 9.17) is 0 Å². The van der Waals surface area contributed by atoms with E-state index in [1.165, 1.54) is 19.2 Å². The molecule has 0 unspecified atom stereocenters. The maximum absolute atomic E-state index is 13.1. The number of quaternary nitrogens is 1. The Bertz CT molecular complexity index is 774. The monoisotopic (exact) mass is 371 g/mol. The number of nitrogens with one attached hydrogen (secondary N) is 3. The molecule has 0 aliphatic carbocycles. The molecule has 1 fully saturated rings. The molecule has 3 rings (SSSR count). The number of hydrogen-bond acceptors (Lipinski definition) is 3. The highest BCUT2D eigenvalue weighted by Crippen LogP contribution is 2.16. The fraction of sp³-hybridized carbons (Fsp3) is 0.300. The van der Waals surface area contributed by atoms with E-state index < -0.39 is 12.1 Å². The summed E-state index contributed by atoms with van der Waals surface area (Å²) in [4.78, 5) is 27.6. The summed E-state index contributed by atoms with van der Waals surface area (Å²) in [5.41, 5.74) is 1.85. The summed E-state index contributed by atoms with van der Waals surface area (Å²) < 4.78 is 13.1. The van der Waals surface area contributed by atoms with Crippen LogP contribution in [0.25, 0.3) is 0 Å². The van der Waals surface area contributed by atoms with Gasteiger partial charge in [0.05, 0.1) is 26.2 Å². The van der Waals surface area contributed by atoms with E-state index in [1.807, 2.05) is 30.3 Å². The van der Waals surface area contributed by atoms with Gasteiger partial charge in [-0.1, -0.05) is 30.3 Å². The van der Waals surface area contributed by atoms with Gasteiger partial charge in [0.15, 0.2) is 6.04 Å². The molecule has 3 amide bonds. The van der Waals surface area contributed by atoms with Gasteiger partial charge in [0.25, 0.3) is 5.91 Å². The van der Waals surface area contributed by atoms with Crippen molar-refractivity contribution in [3.05, 3.63) is 66.0 Å². The molecule has 0 saturated carbocycles. The van der Waals surface area contributed by atoms with Gasteiger partial charge in [0, 0.05) is 18.3 Å². The van der Waals surface area contributed by atoms with Gasteiger partial charge >= 0.3 is 6.03 Å². The average Bonchev–Trinajstić information content (AvgIpc) is 2.70. The van der Waals surface area contributed by atoms with Crippen LogP contribution in [0.1, 0.15) is 11.6 Å². The van der Waals surface area contributed by atoms with Crippen LogP contribution in [0.5, 0.6) is 0 Å². The second-order valence-corrected chi connectivity index (χ2v) is 6.53. The molecule has 2 aromatic rings. The molecule has 7 heteroatoms. The first-order valence-electron chi connectivity index (χ1n) is 9.01.